The smallest absolute Gasteiger partial charge is 0.0994 e. The average molecular weight is 295 g/mol. The second kappa shape index (κ2) is 13.0. The molecule has 0 aliphatic heterocycles. The average Bonchev–Trinajstić information content (AvgIpc) is 2.47. The maximum atomic E-state index is 6.05. The van der Waals surface area contributed by atoms with Crippen LogP contribution in [0.4, 0.5) is 0 Å². The third-order valence-corrected chi connectivity index (χ3v) is 4.32. The van der Waals surface area contributed by atoms with Crippen LogP contribution in [0.5, 0.6) is 0 Å². The van der Waals surface area contributed by atoms with Gasteiger partial charge in [0.15, 0.2) is 0 Å². The molecule has 0 unspecified atom stereocenters. The van der Waals surface area contributed by atoms with Gasteiger partial charge < -0.3 is 4.74 Å². The van der Waals surface area contributed by atoms with E-state index in [1.165, 1.54) is 75.4 Å². The van der Waals surface area contributed by atoms with E-state index in [0.717, 1.165) is 11.5 Å². The highest BCUT2D eigenvalue weighted by Crippen LogP contribution is 2.20. The maximum Gasteiger partial charge on any atom is 0.0994 e. The Hall–Kier alpha value is -0.720. The van der Waals surface area contributed by atoms with Crippen molar-refractivity contribution in [2.75, 3.05) is 0 Å². The summed E-state index contributed by atoms with van der Waals surface area (Å²) in [6, 6.07) is 0. The van der Waals surface area contributed by atoms with Crippen LogP contribution in [0.15, 0.2) is 22.7 Å². The molecule has 0 rings (SSSR count). The van der Waals surface area contributed by atoms with E-state index in [2.05, 4.69) is 41.5 Å². The third kappa shape index (κ3) is 10.6. The van der Waals surface area contributed by atoms with Crippen molar-refractivity contribution in [2.45, 2.75) is 106 Å². The van der Waals surface area contributed by atoms with Gasteiger partial charge in [-0.1, -0.05) is 52.4 Å². The highest BCUT2D eigenvalue weighted by atomic mass is 16.5. The van der Waals surface area contributed by atoms with Crippen molar-refractivity contribution in [2.24, 2.45) is 0 Å². The van der Waals surface area contributed by atoms with Crippen LogP contribution in [-0.2, 0) is 4.74 Å². The van der Waals surface area contributed by atoms with Gasteiger partial charge in [0.1, 0.15) is 0 Å². The number of ether oxygens (including phenoxy) is 1. The first kappa shape index (κ1) is 20.3. The minimum absolute atomic E-state index is 1.11. The second-order valence-corrected chi connectivity index (χ2v) is 6.40. The molecule has 124 valence electrons. The lowest BCUT2D eigenvalue weighted by molar-refractivity contribution is 0.296. The van der Waals surface area contributed by atoms with Crippen LogP contribution in [0, 0.1) is 0 Å². The Labute approximate surface area is 133 Å². The molecule has 0 saturated carbocycles. The normalized spacial score (nSPS) is 13.8. The monoisotopic (exact) mass is 294 g/mol. The number of hydrogen-bond acceptors (Lipinski definition) is 1. The third-order valence-electron chi connectivity index (χ3n) is 4.32. The van der Waals surface area contributed by atoms with Crippen molar-refractivity contribution >= 4 is 0 Å². The fraction of sp³-hybridized carbons (Fsp3) is 0.800. The van der Waals surface area contributed by atoms with Gasteiger partial charge in [-0.3, -0.25) is 0 Å². The summed E-state index contributed by atoms with van der Waals surface area (Å²) in [7, 11) is 0. The van der Waals surface area contributed by atoms with Crippen LogP contribution in [0.25, 0.3) is 0 Å². The highest BCUT2D eigenvalue weighted by molar-refractivity contribution is 5.10. The molecule has 0 aromatic carbocycles. The molecule has 0 heterocycles. The van der Waals surface area contributed by atoms with Crippen LogP contribution in [0.3, 0.4) is 0 Å². The summed E-state index contributed by atoms with van der Waals surface area (Å²) in [6.07, 6.45) is 12.9. The molecule has 0 saturated heterocycles. The molecule has 1 nitrogen and oxygen atoms in total. The van der Waals surface area contributed by atoms with Crippen LogP contribution >= 0.6 is 0 Å². The van der Waals surface area contributed by atoms with E-state index >= 15 is 0 Å². The van der Waals surface area contributed by atoms with Crippen molar-refractivity contribution in [3.63, 3.8) is 0 Å². The summed E-state index contributed by atoms with van der Waals surface area (Å²) in [5.41, 5.74) is 2.81. The Kier molecular flexibility index (Phi) is 12.5. The zero-order chi connectivity index (χ0) is 16.1. The fourth-order valence-electron chi connectivity index (χ4n) is 2.39. The number of hydrogen-bond donors (Lipinski definition) is 0. The molecular formula is C20H38O. The Morgan fingerprint density at radius 2 is 0.952 bits per heavy atom. The zero-order valence-corrected chi connectivity index (χ0v) is 15.5. The first-order valence-corrected chi connectivity index (χ1v) is 9.03. The number of rotatable bonds is 12. The van der Waals surface area contributed by atoms with Crippen molar-refractivity contribution in [3.05, 3.63) is 22.7 Å². The molecule has 0 spiro atoms. The van der Waals surface area contributed by atoms with Gasteiger partial charge in [0.05, 0.1) is 11.5 Å². The molecule has 0 aromatic rings. The quantitative estimate of drug-likeness (QED) is 0.267. The van der Waals surface area contributed by atoms with Crippen LogP contribution in [0.1, 0.15) is 106 Å². The molecule has 0 fully saturated rings. The minimum Gasteiger partial charge on any atom is -0.467 e. The highest BCUT2D eigenvalue weighted by Gasteiger charge is 2.03. The van der Waals surface area contributed by atoms with E-state index < -0.39 is 0 Å². The Bertz CT molecular complexity index is 291. The number of allylic oxidation sites excluding steroid dienone is 4. The molecule has 0 aliphatic rings. The van der Waals surface area contributed by atoms with Crippen LogP contribution in [-0.4, -0.2) is 0 Å². The summed E-state index contributed by atoms with van der Waals surface area (Å²) in [5, 5.41) is 0. The lowest BCUT2D eigenvalue weighted by Crippen LogP contribution is -1.95. The fourth-order valence-corrected chi connectivity index (χ4v) is 2.39. The molecule has 0 bridgehead atoms. The van der Waals surface area contributed by atoms with Gasteiger partial charge >= 0.3 is 0 Å². The second-order valence-electron chi connectivity index (χ2n) is 6.40. The van der Waals surface area contributed by atoms with E-state index in [-0.39, 0.29) is 0 Å². The largest absolute Gasteiger partial charge is 0.467 e. The van der Waals surface area contributed by atoms with Crippen LogP contribution in [0.2, 0.25) is 0 Å². The van der Waals surface area contributed by atoms with Crippen molar-refractivity contribution < 1.29 is 4.74 Å². The van der Waals surface area contributed by atoms with E-state index in [1.54, 1.807) is 0 Å². The predicted octanol–water partition coefficient (Wildman–Crippen LogP) is 7.53. The summed E-state index contributed by atoms with van der Waals surface area (Å²) in [4.78, 5) is 0. The topological polar surface area (TPSA) is 9.23 Å². The van der Waals surface area contributed by atoms with Gasteiger partial charge in [-0.05, 0) is 64.5 Å². The SMILES string of the molecule is CCCCCCC(C)=C(C)OC(C)=C(C)CCCCCC. The molecule has 21 heavy (non-hydrogen) atoms. The number of unbranched alkanes of at least 4 members (excludes halogenated alkanes) is 6. The van der Waals surface area contributed by atoms with Crippen molar-refractivity contribution in [1.82, 2.24) is 0 Å². The van der Waals surface area contributed by atoms with E-state index in [1.807, 2.05) is 0 Å². The zero-order valence-electron chi connectivity index (χ0n) is 15.5. The van der Waals surface area contributed by atoms with Gasteiger partial charge in [0, 0.05) is 0 Å². The molecule has 0 radical (unpaired) electrons. The summed E-state index contributed by atoms with van der Waals surface area (Å²) in [6.45, 7) is 13.2. The molecular weight excluding hydrogens is 256 g/mol. The Morgan fingerprint density at radius 1 is 0.571 bits per heavy atom. The van der Waals surface area contributed by atoms with Crippen molar-refractivity contribution in [1.29, 1.82) is 0 Å². The van der Waals surface area contributed by atoms with E-state index in [0.29, 0.717) is 0 Å². The van der Waals surface area contributed by atoms with Gasteiger partial charge in [0.2, 0.25) is 0 Å². The first-order chi connectivity index (χ1) is 10.0. The molecule has 0 aliphatic carbocycles. The van der Waals surface area contributed by atoms with E-state index in [9.17, 15) is 0 Å². The first-order valence-electron chi connectivity index (χ1n) is 9.03. The summed E-state index contributed by atoms with van der Waals surface area (Å²) >= 11 is 0. The van der Waals surface area contributed by atoms with E-state index in [4.69, 9.17) is 4.74 Å². The summed E-state index contributed by atoms with van der Waals surface area (Å²) < 4.78 is 6.05. The predicted molar refractivity (Wildman–Crippen MR) is 95.4 cm³/mol. The summed E-state index contributed by atoms with van der Waals surface area (Å²) in [5.74, 6) is 2.22. The Balaban J connectivity index is 4.21. The van der Waals surface area contributed by atoms with Gasteiger partial charge in [0.25, 0.3) is 0 Å². The van der Waals surface area contributed by atoms with Gasteiger partial charge in [-0.15, -0.1) is 0 Å². The van der Waals surface area contributed by atoms with Gasteiger partial charge in [-0.25, -0.2) is 0 Å². The standard InChI is InChI=1S/C20H38O/c1-7-9-11-13-15-17(3)19(5)21-20(6)18(4)16-14-12-10-8-2/h7-16H2,1-6H3. The molecule has 0 N–H and O–H groups in total. The molecule has 0 aromatic heterocycles. The maximum absolute atomic E-state index is 6.05. The van der Waals surface area contributed by atoms with Crippen molar-refractivity contribution in [3.8, 4) is 0 Å². The molecule has 0 atom stereocenters. The van der Waals surface area contributed by atoms with Crippen LogP contribution < -0.4 is 0 Å². The lowest BCUT2D eigenvalue weighted by atomic mass is 10.1. The molecule has 1 heteroatoms. The lowest BCUT2D eigenvalue weighted by Gasteiger charge is -2.13. The Morgan fingerprint density at radius 3 is 1.29 bits per heavy atom. The molecule has 0 amide bonds. The van der Waals surface area contributed by atoms with Gasteiger partial charge in [-0.2, -0.15) is 0 Å². The minimum atomic E-state index is 1.11.